The Hall–Kier alpha value is -2.03. The quantitative estimate of drug-likeness (QED) is 0.782. The number of nitrogens with two attached hydrogens (primary N) is 1. The Balaban J connectivity index is 2.45. The van der Waals surface area contributed by atoms with Crippen LogP contribution in [-0.4, -0.2) is 12.1 Å². The van der Waals surface area contributed by atoms with E-state index in [-0.39, 0.29) is 0 Å². The summed E-state index contributed by atoms with van der Waals surface area (Å²) in [5.41, 5.74) is 9.40. The van der Waals surface area contributed by atoms with Gasteiger partial charge in [0.2, 0.25) is 0 Å². The summed E-state index contributed by atoms with van der Waals surface area (Å²) in [6.45, 7) is 1.97. The van der Waals surface area contributed by atoms with Crippen molar-refractivity contribution in [2.45, 2.75) is 6.92 Å². The minimum atomic E-state index is 0.628. The lowest BCUT2D eigenvalue weighted by atomic mass is 10.1. The maximum Gasteiger partial charge on any atom is 0.141 e. The summed E-state index contributed by atoms with van der Waals surface area (Å²) < 4.78 is 5.11. The summed E-state index contributed by atoms with van der Waals surface area (Å²) in [6.07, 6.45) is 0. The van der Waals surface area contributed by atoms with Crippen LogP contribution < -0.4 is 10.5 Å². The van der Waals surface area contributed by atoms with Crippen LogP contribution in [-0.2, 0) is 0 Å². The van der Waals surface area contributed by atoms with Crippen LogP contribution in [0.15, 0.2) is 36.4 Å². The molecule has 3 nitrogen and oxygen atoms in total. The Kier molecular flexibility index (Phi) is 2.77. The second-order valence-corrected chi connectivity index (χ2v) is 3.62. The zero-order valence-corrected chi connectivity index (χ0v) is 9.40. The maximum atomic E-state index is 5.85. The first-order valence-corrected chi connectivity index (χ1v) is 5.08. The lowest BCUT2D eigenvalue weighted by molar-refractivity contribution is 0.417. The fourth-order valence-electron chi connectivity index (χ4n) is 1.60. The van der Waals surface area contributed by atoms with Gasteiger partial charge in [0.15, 0.2) is 0 Å². The number of benzene rings is 1. The maximum absolute atomic E-state index is 5.85. The molecule has 0 spiro atoms. The molecular weight excluding hydrogens is 200 g/mol. The molecule has 0 unspecified atom stereocenters. The Morgan fingerprint density at radius 3 is 2.62 bits per heavy atom. The van der Waals surface area contributed by atoms with E-state index in [0.717, 1.165) is 17.0 Å². The molecular formula is C13H14N2O. The molecule has 0 radical (unpaired) electrons. The second kappa shape index (κ2) is 4.23. The van der Waals surface area contributed by atoms with E-state index in [1.54, 1.807) is 7.11 Å². The van der Waals surface area contributed by atoms with E-state index in [4.69, 9.17) is 10.5 Å². The molecule has 0 fully saturated rings. The molecule has 82 valence electrons. The second-order valence-electron chi connectivity index (χ2n) is 3.62. The molecule has 0 aliphatic heterocycles. The van der Waals surface area contributed by atoms with E-state index >= 15 is 0 Å². The van der Waals surface area contributed by atoms with Crippen molar-refractivity contribution >= 4 is 5.69 Å². The Labute approximate surface area is 94.9 Å². The minimum Gasteiger partial charge on any atom is -0.495 e. The van der Waals surface area contributed by atoms with Crippen LogP contribution in [0.4, 0.5) is 5.69 Å². The van der Waals surface area contributed by atoms with Crippen LogP contribution in [0, 0.1) is 6.92 Å². The Morgan fingerprint density at radius 2 is 2.00 bits per heavy atom. The third-order valence-electron chi connectivity index (χ3n) is 2.41. The van der Waals surface area contributed by atoms with Gasteiger partial charge in [-0.05, 0) is 37.3 Å². The summed E-state index contributed by atoms with van der Waals surface area (Å²) >= 11 is 0. The number of hydrogen-bond acceptors (Lipinski definition) is 3. The lowest BCUT2D eigenvalue weighted by Gasteiger charge is -2.07. The number of nitrogen functional groups attached to an aromatic ring is 1. The van der Waals surface area contributed by atoms with Gasteiger partial charge in [-0.3, -0.25) is 4.98 Å². The molecule has 1 aromatic heterocycles. The van der Waals surface area contributed by atoms with Crippen molar-refractivity contribution in [2.24, 2.45) is 0 Å². The van der Waals surface area contributed by atoms with Crippen LogP contribution in [0.25, 0.3) is 11.3 Å². The number of pyridine rings is 1. The average molecular weight is 214 g/mol. The number of nitrogens with zero attached hydrogens (tertiary/aromatic N) is 1. The summed E-state index contributed by atoms with van der Waals surface area (Å²) in [4.78, 5) is 4.44. The van der Waals surface area contributed by atoms with Gasteiger partial charge >= 0.3 is 0 Å². The smallest absolute Gasteiger partial charge is 0.141 e. The van der Waals surface area contributed by atoms with Gasteiger partial charge in [0, 0.05) is 11.3 Å². The zero-order valence-electron chi connectivity index (χ0n) is 9.40. The number of anilines is 1. The number of hydrogen-bond donors (Lipinski definition) is 1. The molecule has 16 heavy (non-hydrogen) atoms. The van der Waals surface area contributed by atoms with E-state index < -0.39 is 0 Å². The number of aromatic nitrogens is 1. The van der Waals surface area contributed by atoms with Gasteiger partial charge in [0.05, 0.1) is 18.5 Å². The average Bonchev–Trinajstić information content (AvgIpc) is 2.29. The first-order valence-electron chi connectivity index (χ1n) is 5.08. The molecule has 0 saturated heterocycles. The Morgan fingerprint density at radius 1 is 1.19 bits per heavy atom. The van der Waals surface area contributed by atoms with Crippen molar-refractivity contribution < 1.29 is 4.74 Å². The first-order chi connectivity index (χ1) is 7.70. The zero-order chi connectivity index (χ0) is 11.5. The molecule has 3 heteroatoms. The predicted molar refractivity (Wildman–Crippen MR) is 65.4 cm³/mol. The van der Waals surface area contributed by atoms with Crippen molar-refractivity contribution in [3.63, 3.8) is 0 Å². The highest BCUT2D eigenvalue weighted by Crippen LogP contribution is 2.27. The molecule has 1 heterocycles. The van der Waals surface area contributed by atoms with Crippen molar-refractivity contribution in [1.82, 2.24) is 4.98 Å². The topological polar surface area (TPSA) is 48.1 Å². The molecule has 2 rings (SSSR count). The number of rotatable bonds is 2. The molecule has 0 bridgehead atoms. The van der Waals surface area contributed by atoms with Crippen molar-refractivity contribution in [3.8, 4) is 17.0 Å². The van der Waals surface area contributed by atoms with E-state index in [9.17, 15) is 0 Å². The highest BCUT2D eigenvalue weighted by molar-refractivity contribution is 5.68. The Bertz CT molecular complexity index is 509. The van der Waals surface area contributed by atoms with Gasteiger partial charge in [-0.25, -0.2) is 0 Å². The van der Waals surface area contributed by atoms with E-state index in [1.807, 2.05) is 43.3 Å². The van der Waals surface area contributed by atoms with Gasteiger partial charge in [-0.15, -0.1) is 0 Å². The van der Waals surface area contributed by atoms with E-state index in [1.165, 1.54) is 0 Å². The predicted octanol–water partition coefficient (Wildman–Crippen LogP) is 2.65. The lowest BCUT2D eigenvalue weighted by Crippen LogP contribution is -1.93. The molecule has 0 atom stereocenters. The van der Waals surface area contributed by atoms with Crippen molar-refractivity contribution in [1.29, 1.82) is 0 Å². The van der Waals surface area contributed by atoms with Crippen molar-refractivity contribution in [3.05, 3.63) is 42.1 Å². The van der Waals surface area contributed by atoms with Gasteiger partial charge in [0.25, 0.3) is 0 Å². The normalized spacial score (nSPS) is 10.1. The molecule has 2 N–H and O–H groups in total. The number of ether oxygens (including phenoxy) is 1. The van der Waals surface area contributed by atoms with Gasteiger partial charge < -0.3 is 10.5 Å². The third-order valence-corrected chi connectivity index (χ3v) is 2.41. The standard InChI is InChI=1S/C13H14N2O/c1-9-4-3-5-12(15-9)10-6-7-13(16-2)11(14)8-10/h3-8H,14H2,1-2H3. The SMILES string of the molecule is COc1ccc(-c2cccc(C)n2)cc1N. The molecule has 0 amide bonds. The number of aryl methyl sites for hydroxylation is 1. The van der Waals surface area contributed by atoms with E-state index in [2.05, 4.69) is 4.98 Å². The van der Waals surface area contributed by atoms with Gasteiger partial charge in [0.1, 0.15) is 5.75 Å². The monoisotopic (exact) mass is 214 g/mol. The molecule has 0 aliphatic rings. The fourth-order valence-corrected chi connectivity index (χ4v) is 1.60. The summed E-state index contributed by atoms with van der Waals surface area (Å²) in [7, 11) is 1.61. The molecule has 0 saturated carbocycles. The number of methoxy groups -OCH3 is 1. The van der Waals surface area contributed by atoms with Crippen LogP contribution >= 0.6 is 0 Å². The van der Waals surface area contributed by atoms with Gasteiger partial charge in [-0.2, -0.15) is 0 Å². The van der Waals surface area contributed by atoms with Gasteiger partial charge in [-0.1, -0.05) is 6.07 Å². The molecule has 1 aromatic carbocycles. The highest BCUT2D eigenvalue weighted by atomic mass is 16.5. The molecule has 0 aliphatic carbocycles. The summed E-state index contributed by atoms with van der Waals surface area (Å²) in [5.74, 6) is 0.691. The van der Waals surface area contributed by atoms with Crippen molar-refractivity contribution in [2.75, 3.05) is 12.8 Å². The van der Waals surface area contributed by atoms with Crippen LogP contribution in [0.3, 0.4) is 0 Å². The highest BCUT2D eigenvalue weighted by Gasteiger charge is 2.03. The minimum absolute atomic E-state index is 0.628. The first kappa shape index (κ1) is 10.5. The summed E-state index contributed by atoms with van der Waals surface area (Å²) in [5, 5.41) is 0. The van der Waals surface area contributed by atoms with E-state index in [0.29, 0.717) is 11.4 Å². The third kappa shape index (κ3) is 1.98. The largest absolute Gasteiger partial charge is 0.495 e. The van der Waals surface area contributed by atoms with Crippen LogP contribution in [0.1, 0.15) is 5.69 Å². The van der Waals surface area contributed by atoms with Crippen LogP contribution in [0.2, 0.25) is 0 Å². The summed E-state index contributed by atoms with van der Waals surface area (Å²) in [6, 6.07) is 11.6. The van der Waals surface area contributed by atoms with Crippen LogP contribution in [0.5, 0.6) is 5.75 Å². The molecule has 2 aromatic rings. The fraction of sp³-hybridized carbons (Fsp3) is 0.154.